The van der Waals surface area contributed by atoms with Crippen LogP contribution in [-0.2, 0) is 16.6 Å². The number of aromatic amines is 1. The molecule has 0 unspecified atom stereocenters. The summed E-state index contributed by atoms with van der Waals surface area (Å²) in [6.07, 6.45) is 0. The number of fused-ring (bicyclic) bond motifs is 1. The Hall–Kier alpha value is -2.43. The van der Waals surface area contributed by atoms with E-state index in [2.05, 4.69) is 5.10 Å². The van der Waals surface area contributed by atoms with Crippen LogP contribution in [0.3, 0.4) is 0 Å². The third-order valence-electron chi connectivity index (χ3n) is 4.81. The summed E-state index contributed by atoms with van der Waals surface area (Å²) >= 11 is 18.6. The Balaban J connectivity index is 1.86. The highest BCUT2D eigenvalue weighted by atomic mass is 35.5. The number of primary sulfonamides is 1. The van der Waals surface area contributed by atoms with Crippen molar-refractivity contribution in [2.75, 3.05) is 0 Å². The summed E-state index contributed by atoms with van der Waals surface area (Å²) < 4.78 is 51.9. The SMILES string of the molecule is NS(=O)(=O)c1cc(Cl)c(Cl)c(-c2ccc3c(c2)c(=O)[nH]n3Cc2ccc(F)c(F)c2)c1Cl. The van der Waals surface area contributed by atoms with Crippen molar-refractivity contribution in [3.8, 4) is 11.1 Å². The number of aromatic nitrogens is 2. The first-order chi connectivity index (χ1) is 15.0. The number of nitrogens with zero attached hydrogens (tertiary/aromatic N) is 1. The van der Waals surface area contributed by atoms with Gasteiger partial charge in [0.15, 0.2) is 11.6 Å². The molecule has 1 heterocycles. The monoisotopic (exact) mass is 517 g/mol. The van der Waals surface area contributed by atoms with Gasteiger partial charge >= 0.3 is 0 Å². The van der Waals surface area contributed by atoms with Crippen LogP contribution >= 0.6 is 34.8 Å². The number of benzene rings is 3. The van der Waals surface area contributed by atoms with Gasteiger partial charge in [-0.2, -0.15) is 0 Å². The van der Waals surface area contributed by atoms with E-state index in [1.54, 1.807) is 12.1 Å². The van der Waals surface area contributed by atoms with E-state index < -0.39 is 32.1 Å². The van der Waals surface area contributed by atoms with Gasteiger partial charge in [-0.3, -0.25) is 14.6 Å². The number of hydrogen-bond acceptors (Lipinski definition) is 3. The summed E-state index contributed by atoms with van der Waals surface area (Å²) in [5, 5.41) is 7.74. The van der Waals surface area contributed by atoms with Crippen LogP contribution in [0.25, 0.3) is 22.0 Å². The molecule has 0 atom stereocenters. The molecule has 0 saturated heterocycles. The second-order valence-corrected chi connectivity index (χ2v) is 9.60. The van der Waals surface area contributed by atoms with Gasteiger partial charge in [0.25, 0.3) is 5.56 Å². The Morgan fingerprint density at radius 1 is 0.969 bits per heavy atom. The summed E-state index contributed by atoms with van der Waals surface area (Å²) in [4.78, 5) is 12.1. The molecular formula is C20H12Cl3F2N3O3S. The molecule has 3 N–H and O–H groups in total. The van der Waals surface area contributed by atoms with Gasteiger partial charge in [0.05, 0.1) is 32.5 Å². The first kappa shape index (κ1) is 22.8. The van der Waals surface area contributed by atoms with Crippen LogP contribution in [-0.4, -0.2) is 18.2 Å². The molecule has 12 heteroatoms. The average Bonchev–Trinajstić information content (AvgIpc) is 3.02. The zero-order chi connectivity index (χ0) is 23.4. The minimum Gasteiger partial charge on any atom is -0.280 e. The molecular weight excluding hydrogens is 507 g/mol. The largest absolute Gasteiger partial charge is 0.280 e. The van der Waals surface area contributed by atoms with Gasteiger partial charge in [0, 0.05) is 5.56 Å². The van der Waals surface area contributed by atoms with Gasteiger partial charge in [0.2, 0.25) is 10.0 Å². The molecule has 0 aliphatic heterocycles. The smallest absolute Gasteiger partial charge is 0.272 e. The van der Waals surface area contributed by atoms with Crippen molar-refractivity contribution in [1.82, 2.24) is 9.78 Å². The summed E-state index contributed by atoms with van der Waals surface area (Å²) in [6.45, 7) is 0.0729. The lowest BCUT2D eigenvalue weighted by atomic mass is 10.0. The highest BCUT2D eigenvalue weighted by molar-refractivity contribution is 7.89. The molecule has 32 heavy (non-hydrogen) atoms. The van der Waals surface area contributed by atoms with E-state index in [0.29, 0.717) is 16.6 Å². The van der Waals surface area contributed by atoms with Crippen LogP contribution < -0.4 is 10.7 Å². The van der Waals surface area contributed by atoms with Crippen LogP contribution in [0.4, 0.5) is 8.78 Å². The van der Waals surface area contributed by atoms with Crippen LogP contribution in [0.1, 0.15) is 5.56 Å². The minimum absolute atomic E-state index is 0.0129. The van der Waals surface area contributed by atoms with Crippen LogP contribution in [0, 0.1) is 11.6 Å². The number of halogens is 5. The molecule has 0 amide bonds. The maximum Gasteiger partial charge on any atom is 0.272 e. The number of rotatable bonds is 4. The third-order valence-corrected chi connectivity index (χ3v) is 7.04. The molecule has 166 valence electrons. The lowest BCUT2D eigenvalue weighted by Gasteiger charge is -2.13. The number of nitrogens with two attached hydrogens (primary N) is 1. The molecule has 1 aromatic heterocycles. The maximum absolute atomic E-state index is 13.5. The molecule has 0 spiro atoms. The predicted octanol–water partition coefficient (Wildman–Crippen LogP) is 4.93. The van der Waals surface area contributed by atoms with Crippen LogP contribution in [0.2, 0.25) is 15.1 Å². The molecule has 0 radical (unpaired) electrons. The molecule has 4 rings (SSSR count). The standard InChI is InChI=1S/C20H12Cl3F2N3O3S/c21-12-7-16(32(26,30)31)19(23)17(18(12)22)10-2-4-15-11(6-10)20(29)27-28(15)8-9-1-3-13(24)14(25)5-9/h1-7H,8H2,(H,27,29)(H2,26,30,31). The van der Waals surface area contributed by atoms with Gasteiger partial charge in [0.1, 0.15) is 4.90 Å². The fraction of sp³-hybridized carbons (Fsp3) is 0.0500. The average molecular weight is 519 g/mol. The Labute approximate surface area is 195 Å². The Morgan fingerprint density at radius 3 is 2.34 bits per heavy atom. The Morgan fingerprint density at radius 2 is 1.69 bits per heavy atom. The topological polar surface area (TPSA) is 98.0 Å². The fourth-order valence-corrected chi connectivity index (χ4v) is 5.13. The van der Waals surface area contributed by atoms with Gasteiger partial charge in [-0.15, -0.1) is 0 Å². The zero-order valence-electron chi connectivity index (χ0n) is 15.8. The molecule has 4 aromatic rings. The van der Waals surface area contributed by atoms with Crippen molar-refractivity contribution >= 4 is 55.7 Å². The fourth-order valence-electron chi connectivity index (χ4n) is 3.34. The van der Waals surface area contributed by atoms with Crippen molar-refractivity contribution < 1.29 is 17.2 Å². The molecule has 0 saturated carbocycles. The van der Waals surface area contributed by atoms with Crippen molar-refractivity contribution in [3.63, 3.8) is 0 Å². The molecule has 3 aromatic carbocycles. The maximum atomic E-state index is 13.5. The molecule has 0 fully saturated rings. The van der Waals surface area contributed by atoms with Crippen LogP contribution in [0.5, 0.6) is 0 Å². The lowest BCUT2D eigenvalue weighted by Crippen LogP contribution is -2.13. The second-order valence-electron chi connectivity index (χ2n) is 6.91. The number of hydrogen-bond donors (Lipinski definition) is 2. The second kappa shape index (κ2) is 8.17. The van der Waals surface area contributed by atoms with E-state index in [9.17, 15) is 22.0 Å². The quantitative estimate of drug-likeness (QED) is 0.375. The zero-order valence-corrected chi connectivity index (χ0v) is 18.9. The third kappa shape index (κ3) is 4.02. The van der Waals surface area contributed by atoms with E-state index in [4.69, 9.17) is 39.9 Å². The van der Waals surface area contributed by atoms with Gasteiger partial charge in [-0.25, -0.2) is 22.3 Å². The van der Waals surface area contributed by atoms with Gasteiger partial charge in [-0.05, 0) is 41.5 Å². The number of nitrogens with one attached hydrogen (secondary N) is 1. The van der Waals surface area contributed by atoms with Crippen molar-refractivity contribution in [3.05, 3.63) is 85.1 Å². The normalized spacial score (nSPS) is 11.9. The van der Waals surface area contributed by atoms with E-state index >= 15 is 0 Å². The Kier molecular flexibility index (Phi) is 5.81. The molecule has 0 aliphatic rings. The van der Waals surface area contributed by atoms with Crippen molar-refractivity contribution in [2.24, 2.45) is 5.14 Å². The van der Waals surface area contributed by atoms with Gasteiger partial charge in [-0.1, -0.05) is 46.9 Å². The van der Waals surface area contributed by atoms with E-state index in [-0.39, 0.29) is 32.6 Å². The van der Waals surface area contributed by atoms with Crippen molar-refractivity contribution in [1.29, 1.82) is 0 Å². The summed E-state index contributed by atoms with van der Waals surface area (Å²) in [7, 11) is -4.20. The highest BCUT2D eigenvalue weighted by Crippen LogP contribution is 2.43. The van der Waals surface area contributed by atoms with Gasteiger partial charge < -0.3 is 0 Å². The highest BCUT2D eigenvalue weighted by Gasteiger charge is 2.23. The number of sulfonamides is 1. The molecule has 6 nitrogen and oxygen atoms in total. The first-order valence-corrected chi connectivity index (χ1v) is 11.5. The lowest BCUT2D eigenvalue weighted by molar-refractivity contribution is 0.506. The Bertz CT molecular complexity index is 1570. The van der Waals surface area contributed by atoms with E-state index in [1.165, 1.54) is 16.8 Å². The summed E-state index contributed by atoms with van der Waals surface area (Å²) in [5.41, 5.74) is 0.852. The molecule has 0 aliphatic carbocycles. The summed E-state index contributed by atoms with van der Waals surface area (Å²) in [6, 6.07) is 9.09. The molecule has 0 bridgehead atoms. The minimum atomic E-state index is -4.20. The van der Waals surface area contributed by atoms with Crippen LogP contribution in [0.15, 0.2) is 52.2 Å². The predicted molar refractivity (Wildman–Crippen MR) is 120 cm³/mol. The van der Waals surface area contributed by atoms with E-state index in [1.807, 2.05) is 0 Å². The van der Waals surface area contributed by atoms with Crippen molar-refractivity contribution in [2.45, 2.75) is 11.4 Å². The van der Waals surface area contributed by atoms with E-state index in [0.717, 1.165) is 18.2 Å². The number of H-pyrrole nitrogens is 1. The first-order valence-electron chi connectivity index (χ1n) is 8.84. The summed E-state index contributed by atoms with van der Waals surface area (Å²) in [5.74, 6) is -1.97.